The third-order valence-electron chi connectivity index (χ3n) is 5.22. The van der Waals surface area contributed by atoms with Crippen molar-refractivity contribution in [2.75, 3.05) is 32.7 Å². The van der Waals surface area contributed by atoms with Gasteiger partial charge in [-0.3, -0.25) is 14.6 Å². The number of amides is 2. The molecular weight excluding hydrogens is 728 g/mol. The zero-order valence-corrected chi connectivity index (χ0v) is 27.4. The number of nitrogens with one attached hydrogen (secondary N) is 4. The van der Waals surface area contributed by atoms with Crippen LogP contribution >= 0.6 is 0 Å². The highest BCUT2D eigenvalue weighted by Crippen LogP contribution is 2.14. The molecule has 0 bridgehead atoms. The van der Waals surface area contributed by atoms with E-state index in [1.807, 2.05) is 6.92 Å². The van der Waals surface area contributed by atoms with Crippen molar-refractivity contribution >= 4 is 36.1 Å². The summed E-state index contributed by atoms with van der Waals surface area (Å²) in [7, 11) is 0. The van der Waals surface area contributed by atoms with E-state index in [0.29, 0.717) is 13.1 Å². The molecule has 0 aliphatic heterocycles. The van der Waals surface area contributed by atoms with Gasteiger partial charge < -0.3 is 42.4 Å². The molecule has 51 heavy (non-hydrogen) atoms. The molecule has 0 aromatic heterocycles. The van der Waals surface area contributed by atoms with Crippen LogP contribution < -0.4 is 33.0 Å². The van der Waals surface area contributed by atoms with Gasteiger partial charge in [-0.2, -0.15) is 39.5 Å². The normalized spacial score (nSPS) is 12.4. The van der Waals surface area contributed by atoms with Crippen LogP contribution in [-0.4, -0.2) is 115 Å². The first-order chi connectivity index (χ1) is 23.3. The zero-order valence-electron chi connectivity index (χ0n) is 27.4. The van der Waals surface area contributed by atoms with Crippen molar-refractivity contribution in [3.8, 4) is 0 Å². The van der Waals surface area contributed by atoms with Gasteiger partial charge in [0, 0.05) is 25.7 Å². The second kappa shape index (κ2) is 30.8. The van der Waals surface area contributed by atoms with Crippen LogP contribution in [0.4, 0.5) is 43.9 Å². The van der Waals surface area contributed by atoms with Crippen LogP contribution in [0.5, 0.6) is 0 Å². The lowest BCUT2D eigenvalue weighted by atomic mass is 10.1. The molecule has 0 spiro atoms. The number of hydrazine groups is 1. The minimum absolute atomic E-state index is 0.180. The molecule has 0 aromatic carbocycles. The van der Waals surface area contributed by atoms with E-state index in [9.17, 15) is 53.5 Å². The van der Waals surface area contributed by atoms with Crippen LogP contribution in [0.3, 0.4) is 0 Å². The second-order valence-electron chi connectivity index (χ2n) is 9.90. The molecular formula is C26H45F10N7O8. The lowest BCUT2D eigenvalue weighted by Crippen LogP contribution is -2.43. The van der Waals surface area contributed by atoms with Gasteiger partial charge in [-0.25, -0.2) is 24.6 Å². The maximum absolute atomic E-state index is 13.9. The number of nitrogens with zero attached hydrogens (tertiary/aromatic N) is 1. The number of alkyl halides is 10. The summed E-state index contributed by atoms with van der Waals surface area (Å²) in [5.41, 5.74) is 8.01. The van der Waals surface area contributed by atoms with Crippen LogP contribution in [0, 0.1) is 0 Å². The molecule has 302 valence electrons. The number of carbonyl (C=O) groups excluding carboxylic acids is 2. The molecule has 0 aliphatic carbocycles. The number of halogens is 10. The monoisotopic (exact) mass is 773 g/mol. The Hall–Kier alpha value is -4.00. The summed E-state index contributed by atoms with van der Waals surface area (Å²) in [6, 6.07) is 0.180. The Labute approximate surface area is 285 Å². The smallest absolute Gasteiger partial charge is 0.475 e. The van der Waals surface area contributed by atoms with Gasteiger partial charge >= 0.3 is 36.4 Å². The number of nitrogens with two attached hydrogens (primary N) is 2. The Bertz CT molecular complexity index is 944. The van der Waals surface area contributed by atoms with Gasteiger partial charge in [0.05, 0.1) is 6.34 Å². The van der Waals surface area contributed by atoms with E-state index in [1.165, 1.54) is 6.34 Å². The van der Waals surface area contributed by atoms with Crippen molar-refractivity contribution in [1.82, 2.24) is 21.4 Å². The number of hydrogen-bond acceptors (Lipinski definition) is 9. The standard InChI is InChI=1S/C20H42FN7O2.3C2HF3O2/c1-17(22)10-15-24-11-8-9-14-27-20(30)18(21)19(29)26-13-7-5-3-2-4-6-12-25-16-28-23;3*3-2(4,5)1(6)7/h16-18,24H,2-15,22-23H2,1H3,(H,25,28)(H,26,29)(H,27,30);3*(H,6,7). The number of rotatable bonds is 20. The predicted octanol–water partition coefficient (Wildman–Crippen LogP) is 2.40. The highest BCUT2D eigenvalue weighted by Gasteiger charge is 2.39. The number of hydrogen-bond donors (Lipinski definition) is 9. The minimum atomic E-state index is -5.08. The van der Waals surface area contributed by atoms with Crippen molar-refractivity contribution in [1.29, 1.82) is 0 Å². The summed E-state index contributed by atoms with van der Waals surface area (Å²) in [5, 5.41) is 29.6. The van der Waals surface area contributed by atoms with Crippen molar-refractivity contribution in [3.05, 3.63) is 0 Å². The number of carbonyl (C=O) groups is 5. The highest BCUT2D eigenvalue weighted by molar-refractivity contribution is 6.03. The Morgan fingerprint density at radius 2 is 0.980 bits per heavy atom. The molecule has 0 saturated heterocycles. The molecule has 2 atom stereocenters. The van der Waals surface area contributed by atoms with E-state index >= 15 is 0 Å². The molecule has 11 N–H and O–H groups in total. The zero-order chi connectivity index (χ0) is 40.7. The minimum Gasteiger partial charge on any atom is -0.475 e. The molecule has 2 unspecified atom stereocenters. The summed E-state index contributed by atoms with van der Waals surface area (Å²) in [5.74, 6) is -4.94. The van der Waals surface area contributed by atoms with Crippen molar-refractivity contribution in [3.63, 3.8) is 0 Å². The van der Waals surface area contributed by atoms with E-state index in [-0.39, 0.29) is 6.04 Å². The maximum Gasteiger partial charge on any atom is 0.490 e. The SMILES string of the molecule is CC(N)CCNCCCCNC(=O)C(F)C(=O)NCCCCCCCCN=CNN.O=C(O)C(F)(F)F.O=C(O)C(F)(F)F.O=C(O)C(F)(F)F. The average Bonchev–Trinajstić information content (AvgIpc) is 2.99. The fourth-order valence-corrected chi connectivity index (χ4v) is 2.70. The molecule has 0 aromatic rings. The summed E-state index contributed by atoms with van der Waals surface area (Å²) in [6.07, 6.45) is -7.46. The van der Waals surface area contributed by atoms with Gasteiger partial charge in [-0.1, -0.05) is 25.7 Å². The lowest BCUT2D eigenvalue weighted by Gasteiger charge is -2.11. The second-order valence-corrected chi connectivity index (χ2v) is 9.90. The van der Waals surface area contributed by atoms with Gasteiger partial charge in [-0.15, -0.1) is 0 Å². The Kier molecular flexibility index (Phi) is 32.5. The van der Waals surface area contributed by atoms with E-state index in [1.54, 1.807) is 0 Å². The van der Waals surface area contributed by atoms with Crippen LogP contribution in [0.1, 0.15) is 64.7 Å². The average molecular weight is 774 g/mol. The van der Waals surface area contributed by atoms with Crippen LogP contribution in [0.25, 0.3) is 0 Å². The number of carboxylic acids is 3. The van der Waals surface area contributed by atoms with Gasteiger partial charge in [0.25, 0.3) is 18.0 Å². The largest absolute Gasteiger partial charge is 0.490 e. The number of aliphatic carboxylic acids is 3. The summed E-state index contributed by atoms with van der Waals surface area (Å²) >= 11 is 0. The molecule has 25 heteroatoms. The molecule has 2 amide bonds. The first kappa shape index (κ1) is 53.8. The van der Waals surface area contributed by atoms with Gasteiger partial charge in [-0.05, 0) is 52.1 Å². The summed E-state index contributed by atoms with van der Waals surface area (Å²) < 4.78 is 109. The molecule has 0 saturated carbocycles. The summed E-state index contributed by atoms with van der Waals surface area (Å²) in [4.78, 5) is 54.1. The molecule has 0 rings (SSSR count). The van der Waals surface area contributed by atoms with E-state index < -0.39 is 54.4 Å². The van der Waals surface area contributed by atoms with E-state index in [0.717, 1.165) is 77.4 Å². The lowest BCUT2D eigenvalue weighted by molar-refractivity contribution is -0.193. The Balaban J connectivity index is -0.000000421. The van der Waals surface area contributed by atoms with Gasteiger partial charge in [0.2, 0.25) is 0 Å². The molecule has 0 aliphatic rings. The fourth-order valence-electron chi connectivity index (χ4n) is 2.70. The summed E-state index contributed by atoms with van der Waals surface area (Å²) in [6.45, 7) is 5.14. The van der Waals surface area contributed by atoms with E-state index in [4.69, 9.17) is 41.3 Å². The molecule has 15 nitrogen and oxygen atoms in total. The molecule has 0 radical (unpaired) electrons. The first-order valence-electron chi connectivity index (χ1n) is 14.8. The number of carboxylic acid groups (broad SMARTS) is 3. The van der Waals surface area contributed by atoms with Crippen molar-refractivity contribution in [2.24, 2.45) is 16.6 Å². The van der Waals surface area contributed by atoms with Gasteiger partial charge in [0.1, 0.15) is 0 Å². The van der Waals surface area contributed by atoms with Crippen LogP contribution in [0.2, 0.25) is 0 Å². The third-order valence-corrected chi connectivity index (χ3v) is 5.22. The topological polar surface area (TPSA) is 259 Å². The van der Waals surface area contributed by atoms with E-state index in [2.05, 4.69) is 26.4 Å². The predicted molar refractivity (Wildman–Crippen MR) is 161 cm³/mol. The fraction of sp³-hybridized carbons (Fsp3) is 0.769. The van der Waals surface area contributed by atoms with Crippen molar-refractivity contribution in [2.45, 2.75) is 95.5 Å². The van der Waals surface area contributed by atoms with Crippen LogP contribution in [-0.2, 0) is 24.0 Å². The Morgan fingerprint density at radius 1 is 0.647 bits per heavy atom. The molecule has 0 heterocycles. The maximum atomic E-state index is 13.9. The quantitative estimate of drug-likeness (QED) is 0.0164. The van der Waals surface area contributed by atoms with Crippen molar-refractivity contribution < 1.29 is 83.2 Å². The highest BCUT2D eigenvalue weighted by atomic mass is 19.4. The first-order valence-corrected chi connectivity index (χ1v) is 14.8. The molecule has 0 fully saturated rings. The Morgan fingerprint density at radius 3 is 1.33 bits per heavy atom. The number of aliphatic imine (C=N–C) groups is 1. The van der Waals surface area contributed by atoms with Gasteiger partial charge in [0.15, 0.2) is 0 Å². The third kappa shape index (κ3) is 42.1. The number of unbranched alkanes of at least 4 members (excludes halogenated alkanes) is 6. The van der Waals surface area contributed by atoms with Crippen LogP contribution in [0.15, 0.2) is 4.99 Å².